The normalized spacial score (nSPS) is 14.8. The molecule has 0 radical (unpaired) electrons. The minimum Gasteiger partial charge on any atom is -0.461 e. The SMILES string of the molecule is CCOC(=O)c1nn(-c2ccccc2C)c(=O)cc1NC1CCCCC1. The van der Waals surface area contributed by atoms with Crippen LogP contribution < -0.4 is 10.9 Å². The van der Waals surface area contributed by atoms with Crippen LogP contribution in [0, 0.1) is 6.92 Å². The van der Waals surface area contributed by atoms with Crippen LogP contribution in [0.3, 0.4) is 0 Å². The Bertz CT molecular complexity index is 838. The summed E-state index contributed by atoms with van der Waals surface area (Å²) >= 11 is 0. The molecule has 26 heavy (non-hydrogen) atoms. The topological polar surface area (TPSA) is 73.2 Å². The third-order valence-corrected chi connectivity index (χ3v) is 4.71. The maximum Gasteiger partial charge on any atom is 0.360 e. The van der Waals surface area contributed by atoms with Crippen molar-refractivity contribution in [3.63, 3.8) is 0 Å². The lowest BCUT2D eigenvalue weighted by Gasteiger charge is -2.24. The van der Waals surface area contributed by atoms with E-state index >= 15 is 0 Å². The van der Waals surface area contributed by atoms with Gasteiger partial charge in [-0.25, -0.2) is 4.79 Å². The van der Waals surface area contributed by atoms with Gasteiger partial charge in [0, 0.05) is 12.1 Å². The number of hydrogen-bond acceptors (Lipinski definition) is 5. The number of benzene rings is 1. The molecule has 0 aliphatic heterocycles. The molecule has 0 bridgehead atoms. The molecular formula is C20H25N3O3. The number of nitrogens with one attached hydrogen (secondary N) is 1. The highest BCUT2D eigenvalue weighted by atomic mass is 16.5. The molecule has 1 N–H and O–H groups in total. The van der Waals surface area contributed by atoms with Crippen LogP contribution in [0.15, 0.2) is 35.1 Å². The number of aromatic nitrogens is 2. The molecule has 1 saturated carbocycles. The van der Waals surface area contributed by atoms with Gasteiger partial charge in [0.2, 0.25) is 0 Å². The lowest BCUT2D eigenvalue weighted by Crippen LogP contribution is -2.29. The molecule has 0 unspecified atom stereocenters. The zero-order valence-electron chi connectivity index (χ0n) is 15.3. The van der Waals surface area contributed by atoms with Crippen molar-refractivity contribution in [2.75, 3.05) is 11.9 Å². The van der Waals surface area contributed by atoms with Gasteiger partial charge in [0.1, 0.15) is 0 Å². The van der Waals surface area contributed by atoms with Crippen molar-refractivity contribution in [1.29, 1.82) is 0 Å². The Hall–Kier alpha value is -2.63. The second-order valence-corrected chi connectivity index (χ2v) is 6.64. The Labute approximate surface area is 153 Å². The standard InChI is InChI=1S/C20H25N3O3/c1-3-26-20(25)19-16(21-15-10-5-4-6-11-15)13-18(24)23(22-19)17-12-8-7-9-14(17)2/h7-9,12-13,15,21H,3-6,10-11H2,1-2H3. The van der Waals surface area contributed by atoms with Crippen molar-refractivity contribution in [2.45, 2.75) is 52.0 Å². The first-order valence-corrected chi connectivity index (χ1v) is 9.24. The van der Waals surface area contributed by atoms with E-state index in [1.807, 2.05) is 31.2 Å². The van der Waals surface area contributed by atoms with Gasteiger partial charge in [0.05, 0.1) is 18.0 Å². The maximum atomic E-state index is 12.7. The molecule has 0 amide bonds. The van der Waals surface area contributed by atoms with E-state index < -0.39 is 5.97 Å². The highest BCUT2D eigenvalue weighted by Gasteiger charge is 2.22. The first-order valence-electron chi connectivity index (χ1n) is 9.24. The summed E-state index contributed by atoms with van der Waals surface area (Å²) in [6.07, 6.45) is 5.60. The van der Waals surface area contributed by atoms with E-state index in [2.05, 4.69) is 10.4 Å². The van der Waals surface area contributed by atoms with E-state index in [0.717, 1.165) is 31.2 Å². The molecule has 0 spiro atoms. The van der Waals surface area contributed by atoms with Gasteiger partial charge in [0.25, 0.3) is 5.56 Å². The molecule has 1 aliphatic rings. The second kappa shape index (κ2) is 8.17. The van der Waals surface area contributed by atoms with Gasteiger partial charge in [-0.05, 0) is 38.3 Å². The van der Waals surface area contributed by atoms with Gasteiger partial charge >= 0.3 is 5.97 Å². The van der Waals surface area contributed by atoms with Gasteiger partial charge in [-0.1, -0.05) is 37.5 Å². The first-order chi connectivity index (χ1) is 12.6. The van der Waals surface area contributed by atoms with Crippen LogP contribution in [0.5, 0.6) is 0 Å². The predicted molar refractivity (Wildman–Crippen MR) is 101 cm³/mol. The average Bonchev–Trinajstić information content (AvgIpc) is 2.64. The van der Waals surface area contributed by atoms with Crippen molar-refractivity contribution in [3.8, 4) is 5.69 Å². The maximum absolute atomic E-state index is 12.7. The first kappa shape index (κ1) is 18.2. The lowest BCUT2D eigenvalue weighted by molar-refractivity contribution is 0.0518. The number of aryl methyl sites for hydroxylation is 1. The van der Waals surface area contributed by atoms with E-state index in [9.17, 15) is 9.59 Å². The molecule has 1 aromatic carbocycles. The van der Waals surface area contributed by atoms with Crippen molar-refractivity contribution in [1.82, 2.24) is 9.78 Å². The van der Waals surface area contributed by atoms with Crippen LogP contribution in [0.2, 0.25) is 0 Å². The number of esters is 1. The number of nitrogens with zero attached hydrogens (tertiary/aromatic N) is 2. The fourth-order valence-corrected chi connectivity index (χ4v) is 3.36. The highest BCUT2D eigenvalue weighted by Crippen LogP contribution is 2.23. The summed E-state index contributed by atoms with van der Waals surface area (Å²) in [6, 6.07) is 9.17. The minimum atomic E-state index is -0.520. The van der Waals surface area contributed by atoms with Crippen molar-refractivity contribution in [2.24, 2.45) is 0 Å². The van der Waals surface area contributed by atoms with E-state index in [4.69, 9.17) is 4.74 Å². The number of para-hydroxylation sites is 1. The van der Waals surface area contributed by atoms with Gasteiger partial charge in [-0.15, -0.1) is 0 Å². The monoisotopic (exact) mass is 355 g/mol. The van der Waals surface area contributed by atoms with Crippen LogP contribution in [0.4, 0.5) is 5.69 Å². The number of carbonyl (C=O) groups is 1. The second-order valence-electron chi connectivity index (χ2n) is 6.64. The Balaban J connectivity index is 2.03. The van der Waals surface area contributed by atoms with Gasteiger partial charge in [0.15, 0.2) is 5.69 Å². The summed E-state index contributed by atoms with van der Waals surface area (Å²) in [7, 11) is 0. The zero-order valence-corrected chi connectivity index (χ0v) is 15.3. The fraction of sp³-hybridized carbons (Fsp3) is 0.450. The summed E-state index contributed by atoms with van der Waals surface area (Å²) in [5.41, 5.74) is 1.91. The van der Waals surface area contributed by atoms with Crippen LogP contribution in [-0.2, 0) is 4.74 Å². The van der Waals surface area contributed by atoms with Gasteiger partial charge < -0.3 is 10.1 Å². The fourth-order valence-electron chi connectivity index (χ4n) is 3.36. The van der Waals surface area contributed by atoms with Crippen LogP contribution in [0.1, 0.15) is 55.1 Å². The van der Waals surface area contributed by atoms with Gasteiger partial charge in [-0.3, -0.25) is 4.79 Å². The summed E-state index contributed by atoms with van der Waals surface area (Å²) < 4.78 is 6.43. The van der Waals surface area contributed by atoms with Crippen LogP contribution in [-0.4, -0.2) is 28.4 Å². The molecule has 138 valence electrons. The van der Waals surface area contributed by atoms with Crippen molar-refractivity contribution >= 4 is 11.7 Å². The summed E-state index contributed by atoms with van der Waals surface area (Å²) in [5, 5.41) is 7.70. The minimum absolute atomic E-state index is 0.153. The zero-order chi connectivity index (χ0) is 18.5. The molecule has 2 aromatic rings. The molecule has 0 saturated heterocycles. The Morgan fingerprint density at radius 3 is 2.69 bits per heavy atom. The summed E-state index contributed by atoms with van der Waals surface area (Å²) in [5.74, 6) is -0.520. The summed E-state index contributed by atoms with van der Waals surface area (Å²) in [6.45, 7) is 3.91. The number of ether oxygens (including phenoxy) is 1. The predicted octanol–water partition coefficient (Wildman–Crippen LogP) is 3.46. The molecule has 3 rings (SSSR count). The quantitative estimate of drug-likeness (QED) is 0.832. The third kappa shape index (κ3) is 3.95. The lowest BCUT2D eigenvalue weighted by atomic mass is 9.95. The van der Waals surface area contributed by atoms with Crippen LogP contribution in [0.25, 0.3) is 5.69 Å². The molecule has 6 heteroatoms. The molecular weight excluding hydrogens is 330 g/mol. The van der Waals surface area contributed by atoms with E-state index in [1.54, 1.807) is 6.92 Å². The molecule has 1 aliphatic carbocycles. The molecule has 6 nitrogen and oxygen atoms in total. The molecule has 1 aromatic heterocycles. The van der Waals surface area contributed by atoms with Crippen molar-refractivity contribution in [3.05, 3.63) is 51.9 Å². The molecule has 1 fully saturated rings. The number of anilines is 1. The molecule has 1 heterocycles. The number of hydrogen-bond donors (Lipinski definition) is 1. The average molecular weight is 355 g/mol. The Kier molecular flexibility index (Phi) is 5.71. The summed E-state index contributed by atoms with van der Waals surface area (Å²) in [4.78, 5) is 25.1. The highest BCUT2D eigenvalue weighted by molar-refractivity contribution is 5.93. The number of rotatable bonds is 5. The third-order valence-electron chi connectivity index (χ3n) is 4.71. The van der Waals surface area contributed by atoms with E-state index in [0.29, 0.717) is 11.4 Å². The van der Waals surface area contributed by atoms with Gasteiger partial charge in [-0.2, -0.15) is 9.78 Å². The smallest absolute Gasteiger partial charge is 0.360 e. The number of carbonyl (C=O) groups excluding carboxylic acids is 1. The van der Waals surface area contributed by atoms with E-state index in [1.165, 1.54) is 17.2 Å². The molecule has 0 atom stereocenters. The Morgan fingerprint density at radius 2 is 2.00 bits per heavy atom. The van der Waals surface area contributed by atoms with Crippen LogP contribution >= 0.6 is 0 Å². The Morgan fingerprint density at radius 1 is 1.27 bits per heavy atom. The van der Waals surface area contributed by atoms with Crippen molar-refractivity contribution < 1.29 is 9.53 Å². The largest absolute Gasteiger partial charge is 0.461 e. The van der Waals surface area contributed by atoms with E-state index in [-0.39, 0.29) is 23.9 Å².